The number of hydrogen-bond donors (Lipinski definition) is 1. The summed E-state index contributed by atoms with van der Waals surface area (Å²) in [7, 11) is 0. The van der Waals surface area contributed by atoms with Gasteiger partial charge in [-0.05, 0) is 68.6 Å². The molecule has 3 rings (SSSR count). The van der Waals surface area contributed by atoms with E-state index >= 15 is 0 Å². The summed E-state index contributed by atoms with van der Waals surface area (Å²) in [4.78, 5) is 25.1. The Morgan fingerprint density at radius 1 is 1.21 bits per heavy atom. The number of halogens is 2. The predicted molar refractivity (Wildman–Crippen MR) is 111 cm³/mol. The fraction of sp³-hybridized carbons (Fsp3) is 0.150. The zero-order valence-electron chi connectivity index (χ0n) is 14.8. The fourth-order valence-electron chi connectivity index (χ4n) is 2.73. The highest BCUT2D eigenvalue weighted by Gasteiger charge is 2.32. The molecule has 2 aromatic carbocycles. The summed E-state index contributed by atoms with van der Waals surface area (Å²) in [5.74, 6) is 0.222. The Bertz CT molecular complexity index is 1000. The molecule has 1 saturated heterocycles. The van der Waals surface area contributed by atoms with E-state index < -0.39 is 6.03 Å². The molecule has 28 heavy (non-hydrogen) atoms. The molecule has 1 N–H and O–H groups in total. The van der Waals surface area contributed by atoms with Crippen molar-refractivity contribution in [1.29, 1.82) is 5.26 Å². The zero-order valence-corrected chi connectivity index (χ0v) is 18.0. The van der Waals surface area contributed by atoms with Crippen molar-refractivity contribution in [3.63, 3.8) is 0 Å². The number of urea groups is 1. The molecule has 1 fully saturated rings. The molecule has 0 saturated carbocycles. The van der Waals surface area contributed by atoms with Crippen LogP contribution in [0.15, 0.2) is 51.0 Å². The standard InChI is InChI=1S/C20H15Br2N3O3/c1-2-25-19(26)17(24-20(25)27)9-12-7-15(21)18(16(22)8-12)28-11-14-6-4-3-5-13(14)10-23/h3-9H,2,11H2,1H3,(H,24,27)/b17-9+. The second-order valence-corrected chi connectivity index (χ2v) is 7.62. The number of nitrogens with one attached hydrogen (secondary N) is 1. The molecule has 8 heteroatoms. The largest absolute Gasteiger partial charge is 0.486 e. The molecule has 0 bridgehead atoms. The number of amides is 3. The average Bonchev–Trinajstić information content (AvgIpc) is 2.94. The van der Waals surface area contributed by atoms with Crippen LogP contribution in [0.5, 0.6) is 5.75 Å². The Kier molecular flexibility index (Phi) is 6.17. The quantitative estimate of drug-likeness (QED) is 0.477. The summed E-state index contributed by atoms with van der Waals surface area (Å²) in [6, 6.07) is 12.5. The molecule has 0 unspecified atom stereocenters. The van der Waals surface area contributed by atoms with Gasteiger partial charge in [-0.3, -0.25) is 9.69 Å². The van der Waals surface area contributed by atoms with Crippen molar-refractivity contribution in [2.75, 3.05) is 6.54 Å². The van der Waals surface area contributed by atoms with Gasteiger partial charge in [-0.1, -0.05) is 18.2 Å². The van der Waals surface area contributed by atoms with Crippen LogP contribution >= 0.6 is 31.9 Å². The van der Waals surface area contributed by atoms with Crippen LogP contribution in [0.2, 0.25) is 0 Å². The molecule has 0 aromatic heterocycles. The van der Waals surface area contributed by atoms with Crippen molar-refractivity contribution in [2.45, 2.75) is 13.5 Å². The highest BCUT2D eigenvalue weighted by atomic mass is 79.9. The number of carbonyl (C=O) groups is 2. The number of imide groups is 1. The summed E-state index contributed by atoms with van der Waals surface area (Å²) in [6.07, 6.45) is 1.61. The van der Waals surface area contributed by atoms with Crippen LogP contribution in [0.3, 0.4) is 0 Å². The molecular formula is C20H15Br2N3O3. The second-order valence-electron chi connectivity index (χ2n) is 5.91. The highest BCUT2D eigenvalue weighted by Crippen LogP contribution is 2.36. The lowest BCUT2D eigenvalue weighted by atomic mass is 10.1. The number of ether oxygens (including phenoxy) is 1. The van der Waals surface area contributed by atoms with Gasteiger partial charge in [-0.2, -0.15) is 5.26 Å². The van der Waals surface area contributed by atoms with Gasteiger partial charge in [0, 0.05) is 12.1 Å². The van der Waals surface area contributed by atoms with Crippen LogP contribution < -0.4 is 10.1 Å². The van der Waals surface area contributed by atoms with Crippen LogP contribution in [0.1, 0.15) is 23.6 Å². The van der Waals surface area contributed by atoms with Gasteiger partial charge in [0.05, 0.1) is 20.6 Å². The minimum Gasteiger partial charge on any atom is -0.486 e. The van der Waals surface area contributed by atoms with Gasteiger partial charge in [-0.15, -0.1) is 0 Å². The molecule has 1 aliphatic rings. The molecule has 3 amide bonds. The number of nitrogens with zero attached hydrogens (tertiary/aromatic N) is 2. The highest BCUT2D eigenvalue weighted by molar-refractivity contribution is 9.11. The van der Waals surface area contributed by atoms with Crippen LogP contribution in [-0.4, -0.2) is 23.4 Å². The molecule has 0 spiro atoms. The van der Waals surface area contributed by atoms with E-state index in [1.54, 1.807) is 37.3 Å². The molecule has 6 nitrogen and oxygen atoms in total. The number of likely N-dealkylation sites (N-methyl/N-ethyl adjacent to an activating group) is 1. The third-order valence-corrected chi connectivity index (χ3v) is 5.30. The number of hydrogen-bond acceptors (Lipinski definition) is 4. The topological polar surface area (TPSA) is 82.4 Å². The molecule has 1 aliphatic heterocycles. The second kappa shape index (κ2) is 8.59. The Morgan fingerprint density at radius 3 is 2.50 bits per heavy atom. The van der Waals surface area contributed by atoms with Gasteiger partial charge in [-0.25, -0.2) is 4.79 Å². The summed E-state index contributed by atoms with van der Waals surface area (Å²) >= 11 is 6.95. The van der Waals surface area contributed by atoms with E-state index in [0.717, 1.165) is 10.5 Å². The lowest BCUT2D eigenvalue weighted by molar-refractivity contribution is -0.122. The molecule has 0 aliphatic carbocycles. The van der Waals surface area contributed by atoms with Crippen molar-refractivity contribution in [3.05, 3.63) is 67.7 Å². The van der Waals surface area contributed by atoms with E-state index in [2.05, 4.69) is 43.2 Å². The number of rotatable bonds is 5. The van der Waals surface area contributed by atoms with Gasteiger partial charge in [0.1, 0.15) is 18.1 Å². The number of benzene rings is 2. The molecule has 1 heterocycles. The number of carbonyl (C=O) groups excluding carboxylic acids is 2. The van der Waals surface area contributed by atoms with Crippen molar-refractivity contribution in [2.24, 2.45) is 0 Å². The zero-order chi connectivity index (χ0) is 20.3. The fourth-order valence-corrected chi connectivity index (χ4v) is 4.18. The van der Waals surface area contributed by atoms with Crippen molar-refractivity contribution in [3.8, 4) is 11.8 Å². The van der Waals surface area contributed by atoms with E-state index in [-0.39, 0.29) is 18.2 Å². The maximum Gasteiger partial charge on any atom is 0.328 e. The summed E-state index contributed by atoms with van der Waals surface area (Å²) in [5.41, 5.74) is 2.29. The first kappa shape index (κ1) is 20.1. The summed E-state index contributed by atoms with van der Waals surface area (Å²) in [6.45, 7) is 2.29. The smallest absolute Gasteiger partial charge is 0.328 e. The van der Waals surface area contributed by atoms with Crippen molar-refractivity contribution in [1.82, 2.24) is 10.2 Å². The van der Waals surface area contributed by atoms with Gasteiger partial charge in [0.15, 0.2) is 0 Å². The van der Waals surface area contributed by atoms with E-state index in [0.29, 0.717) is 32.4 Å². The van der Waals surface area contributed by atoms with Crippen LogP contribution in [0, 0.1) is 11.3 Å². The van der Waals surface area contributed by atoms with Crippen LogP contribution in [0.4, 0.5) is 4.79 Å². The lowest BCUT2D eigenvalue weighted by Gasteiger charge is -2.12. The third-order valence-electron chi connectivity index (χ3n) is 4.12. The molecule has 0 radical (unpaired) electrons. The van der Waals surface area contributed by atoms with Crippen LogP contribution in [0.25, 0.3) is 6.08 Å². The van der Waals surface area contributed by atoms with E-state index in [9.17, 15) is 14.9 Å². The van der Waals surface area contributed by atoms with Crippen molar-refractivity contribution >= 4 is 49.9 Å². The van der Waals surface area contributed by atoms with E-state index in [1.165, 1.54) is 0 Å². The third kappa shape index (κ3) is 4.11. The lowest BCUT2D eigenvalue weighted by Crippen LogP contribution is -2.30. The molecule has 2 aromatic rings. The minimum absolute atomic E-state index is 0.224. The summed E-state index contributed by atoms with van der Waals surface area (Å²) in [5, 5.41) is 11.8. The van der Waals surface area contributed by atoms with Gasteiger partial charge in [0.25, 0.3) is 5.91 Å². The normalized spacial score (nSPS) is 14.9. The maximum atomic E-state index is 12.2. The Labute approximate surface area is 179 Å². The van der Waals surface area contributed by atoms with E-state index in [1.807, 2.05) is 12.1 Å². The Morgan fingerprint density at radius 2 is 1.89 bits per heavy atom. The van der Waals surface area contributed by atoms with Gasteiger partial charge < -0.3 is 10.1 Å². The van der Waals surface area contributed by atoms with Crippen molar-refractivity contribution < 1.29 is 14.3 Å². The SMILES string of the molecule is CCN1C(=O)N/C(=C/c2cc(Br)c(OCc3ccccc3C#N)c(Br)c2)C1=O. The maximum absolute atomic E-state index is 12.2. The van der Waals surface area contributed by atoms with Gasteiger partial charge >= 0.3 is 6.03 Å². The van der Waals surface area contributed by atoms with Crippen LogP contribution in [-0.2, 0) is 11.4 Å². The predicted octanol–water partition coefficient (Wildman–Crippen LogP) is 4.57. The first-order valence-electron chi connectivity index (χ1n) is 8.39. The van der Waals surface area contributed by atoms with E-state index in [4.69, 9.17) is 4.74 Å². The molecule has 0 atom stereocenters. The Balaban J connectivity index is 1.82. The first-order valence-corrected chi connectivity index (χ1v) is 9.97. The average molecular weight is 505 g/mol. The first-order chi connectivity index (χ1) is 13.4. The monoisotopic (exact) mass is 503 g/mol. The molecule has 142 valence electrons. The molecular weight excluding hydrogens is 490 g/mol. The summed E-state index contributed by atoms with van der Waals surface area (Å²) < 4.78 is 7.23. The Hall–Kier alpha value is -2.63. The number of nitriles is 1. The van der Waals surface area contributed by atoms with Gasteiger partial charge in [0.2, 0.25) is 0 Å². The minimum atomic E-state index is -0.423.